The van der Waals surface area contributed by atoms with Crippen LogP contribution >= 0.6 is 0 Å². The Balaban J connectivity index is 1.59. The molecule has 0 aromatic carbocycles. The van der Waals surface area contributed by atoms with Crippen molar-refractivity contribution in [2.24, 2.45) is 5.92 Å². The van der Waals surface area contributed by atoms with Crippen molar-refractivity contribution in [2.75, 3.05) is 39.8 Å². The van der Waals surface area contributed by atoms with Crippen LogP contribution in [0.15, 0.2) is 24.4 Å². The van der Waals surface area contributed by atoms with E-state index in [1.54, 1.807) is 6.20 Å². The Hall–Kier alpha value is -1.50. The highest BCUT2D eigenvalue weighted by molar-refractivity contribution is 5.78. The molecule has 2 N–H and O–H groups in total. The van der Waals surface area contributed by atoms with Crippen molar-refractivity contribution >= 4 is 5.91 Å². The number of nitrogens with zero attached hydrogens (tertiary/aromatic N) is 3. The largest absolute Gasteiger partial charge is 0.393 e. The third-order valence-corrected chi connectivity index (χ3v) is 5.12. The summed E-state index contributed by atoms with van der Waals surface area (Å²) in [5.41, 5.74) is 0.887. The third kappa shape index (κ3) is 4.53. The van der Waals surface area contributed by atoms with Gasteiger partial charge in [0.1, 0.15) is 0 Å². The maximum Gasteiger partial charge on any atom is 0.234 e. The summed E-state index contributed by atoms with van der Waals surface area (Å²) >= 11 is 0. The quantitative estimate of drug-likeness (QED) is 0.828. The monoisotopic (exact) mass is 332 g/mol. The molecule has 1 amide bonds. The molecule has 0 radical (unpaired) electrons. The minimum atomic E-state index is -0.237. The molecular formula is C18H28N4O2. The number of aliphatic hydroxyl groups is 1. The number of hydrogen-bond acceptors (Lipinski definition) is 5. The van der Waals surface area contributed by atoms with Gasteiger partial charge in [0.15, 0.2) is 0 Å². The summed E-state index contributed by atoms with van der Waals surface area (Å²) in [6.45, 7) is 4.43. The Kier molecular flexibility index (Phi) is 5.81. The van der Waals surface area contributed by atoms with E-state index in [1.165, 1.54) is 0 Å². The molecule has 6 nitrogen and oxygen atoms in total. The number of hydrogen-bond donors (Lipinski definition) is 2. The Morgan fingerprint density at radius 3 is 2.88 bits per heavy atom. The van der Waals surface area contributed by atoms with Crippen molar-refractivity contribution < 1.29 is 9.90 Å². The van der Waals surface area contributed by atoms with Gasteiger partial charge >= 0.3 is 0 Å². The molecule has 24 heavy (non-hydrogen) atoms. The Bertz CT molecular complexity index is 533. The number of likely N-dealkylation sites (N-methyl/N-ethyl adjacent to an activating group) is 1. The van der Waals surface area contributed by atoms with Gasteiger partial charge in [-0.2, -0.15) is 0 Å². The van der Waals surface area contributed by atoms with Gasteiger partial charge in [-0.3, -0.25) is 14.7 Å². The fourth-order valence-electron chi connectivity index (χ4n) is 3.58. The van der Waals surface area contributed by atoms with E-state index < -0.39 is 0 Å². The molecule has 0 spiro atoms. The van der Waals surface area contributed by atoms with Crippen molar-refractivity contribution in [1.29, 1.82) is 0 Å². The number of aliphatic hydroxyl groups excluding tert-OH is 1. The molecule has 1 atom stereocenters. The normalized spacial score (nSPS) is 27.1. The van der Waals surface area contributed by atoms with Gasteiger partial charge in [-0.25, -0.2) is 0 Å². The topological polar surface area (TPSA) is 68.7 Å². The molecule has 6 heteroatoms. The van der Waals surface area contributed by atoms with Gasteiger partial charge in [-0.15, -0.1) is 0 Å². The lowest BCUT2D eigenvalue weighted by Gasteiger charge is -2.38. The molecule has 3 rings (SSSR count). The fourth-order valence-corrected chi connectivity index (χ4v) is 3.58. The predicted molar refractivity (Wildman–Crippen MR) is 92.4 cm³/mol. The van der Waals surface area contributed by atoms with Gasteiger partial charge in [0.05, 0.1) is 24.4 Å². The lowest BCUT2D eigenvalue weighted by Crippen LogP contribution is -2.45. The Morgan fingerprint density at radius 2 is 2.17 bits per heavy atom. The van der Waals surface area contributed by atoms with Crippen LogP contribution in [0.2, 0.25) is 0 Å². The van der Waals surface area contributed by atoms with Crippen molar-refractivity contribution in [3.8, 4) is 0 Å². The van der Waals surface area contributed by atoms with Crippen molar-refractivity contribution in [3.05, 3.63) is 30.1 Å². The van der Waals surface area contributed by atoms with Crippen LogP contribution in [0, 0.1) is 5.92 Å². The lowest BCUT2D eigenvalue weighted by atomic mass is 9.76. The van der Waals surface area contributed by atoms with Crippen molar-refractivity contribution in [1.82, 2.24) is 20.1 Å². The molecule has 1 saturated carbocycles. The maximum atomic E-state index is 12.6. The summed E-state index contributed by atoms with van der Waals surface area (Å²) in [5, 5.41) is 12.8. The molecule has 1 aliphatic carbocycles. The zero-order valence-corrected chi connectivity index (χ0v) is 14.4. The second-order valence-corrected chi connectivity index (χ2v) is 7.12. The van der Waals surface area contributed by atoms with E-state index in [0.29, 0.717) is 6.54 Å². The van der Waals surface area contributed by atoms with E-state index in [2.05, 4.69) is 27.1 Å². The summed E-state index contributed by atoms with van der Waals surface area (Å²) in [7, 11) is 2.13. The van der Waals surface area contributed by atoms with Crippen molar-refractivity contribution in [3.63, 3.8) is 0 Å². The molecular weight excluding hydrogens is 304 g/mol. The van der Waals surface area contributed by atoms with E-state index in [4.69, 9.17) is 0 Å². The minimum absolute atomic E-state index is 0.0524. The van der Waals surface area contributed by atoms with Crippen LogP contribution in [0.5, 0.6) is 0 Å². The van der Waals surface area contributed by atoms with E-state index >= 15 is 0 Å². The average Bonchev–Trinajstić information content (AvgIpc) is 2.75. The smallest absolute Gasteiger partial charge is 0.234 e. The molecule has 1 aromatic heterocycles. The first-order valence-corrected chi connectivity index (χ1v) is 8.91. The zero-order valence-electron chi connectivity index (χ0n) is 14.4. The van der Waals surface area contributed by atoms with Gasteiger partial charge in [-0.05, 0) is 57.5 Å². The number of nitrogens with one attached hydrogen (secondary N) is 1. The summed E-state index contributed by atoms with van der Waals surface area (Å²) < 4.78 is 0. The Morgan fingerprint density at radius 1 is 1.33 bits per heavy atom. The molecule has 1 aromatic rings. The molecule has 0 bridgehead atoms. The molecule has 2 aliphatic rings. The number of amides is 1. The number of carbonyl (C=O) groups is 1. The second-order valence-electron chi connectivity index (χ2n) is 7.12. The van der Waals surface area contributed by atoms with Crippen LogP contribution in [0.1, 0.15) is 31.0 Å². The molecule has 2 fully saturated rings. The van der Waals surface area contributed by atoms with E-state index in [-0.39, 0.29) is 24.0 Å². The highest BCUT2D eigenvalue weighted by Gasteiger charge is 2.36. The predicted octanol–water partition coefficient (Wildman–Crippen LogP) is 0.647. The molecule has 1 saturated heterocycles. The maximum absolute atomic E-state index is 12.6. The van der Waals surface area contributed by atoms with Gasteiger partial charge in [-0.1, -0.05) is 6.07 Å². The SMILES string of the molecule is CN1CCCN(CC(=O)N[C@H](c2ccccn2)C2CC(O)C2)CC1. The van der Waals surface area contributed by atoms with Crippen LogP contribution in [0.4, 0.5) is 0 Å². The minimum Gasteiger partial charge on any atom is -0.393 e. The second kappa shape index (κ2) is 8.05. The van der Waals surface area contributed by atoms with Crippen LogP contribution < -0.4 is 5.32 Å². The third-order valence-electron chi connectivity index (χ3n) is 5.12. The van der Waals surface area contributed by atoms with Gasteiger partial charge in [0.25, 0.3) is 0 Å². The van der Waals surface area contributed by atoms with E-state index in [0.717, 1.165) is 51.1 Å². The molecule has 1 aliphatic heterocycles. The van der Waals surface area contributed by atoms with Crippen LogP contribution in [0.3, 0.4) is 0 Å². The zero-order chi connectivity index (χ0) is 16.9. The van der Waals surface area contributed by atoms with Crippen LogP contribution in [-0.4, -0.2) is 71.7 Å². The summed E-state index contributed by atoms with van der Waals surface area (Å²) in [6.07, 6.45) is 4.09. The number of pyridine rings is 1. The fraction of sp³-hybridized carbons (Fsp3) is 0.667. The van der Waals surface area contributed by atoms with Gasteiger partial charge in [0, 0.05) is 19.3 Å². The number of rotatable bonds is 5. The van der Waals surface area contributed by atoms with Gasteiger partial charge in [0.2, 0.25) is 5.91 Å². The van der Waals surface area contributed by atoms with Crippen LogP contribution in [0.25, 0.3) is 0 Å². The first-order valence-electron chi connectivity index (χ1n) is 8.91. The standard InChI is InChI=1S/C18H28N4O2/c1-21-7-4-8-22(10-9-21)13-17(24)20-18(14-11-15(23)12-14)16-5-2-3-6-19-16/h2-3,5-6,14-15,18,23H,4,7-13H2,1H3,(H,20,24)/t14?,15?,18-/m0/s1. The summed E-state index contributed by atoms with van der Waals surface area (Å²) in [6, 6.07) is 5.68. The Labute approximate surface area is 143 Å². The molecule has 0 unspecified atom stereocenters. The van der Waals surface area contributed by atoms with Gasteiger partial charge < -0.3 is 15.3 Å². The first-order chi connectivity index (χ1) is 11.6. The first kappa shape index (κ1) is 17.3. The molecule has 132 valence electrons. The van der Waals surface area contributed by atoms with Crippen molar-refractivity contribution in [2.45, 2.75) is 31.4 Å². The summed E-state index contributed by atoms with van der Waals surface area (Å²) in [4.78, 5) is 21.5. The van der Waals surface area contributed by atoms with E-state index in [1.807, 2.05) is 18.2 Å². The number of carbonyl (C=O) groups excluding carboxylic acids is 1. The lowest BCUT2D eigenvalue weighted by molar-refractivity contribution is -0.124. The highest BCUT2D eigenvalue weighted by Crippen LogP contribution is 2.37. The average molecular weight is 332 g/mol. The number of aromatic nitrogens is 1. The summed E-state index contributed by atoms with van der Waals surface area (Å²) in [5.74, 6) is 0.325. The highest BCUT2D eigenvalue weighted by atomic mass is 16.3. The molecule has 2 heterocycles. The van der Waals surface area contributed by atoms with Crippen LogP contribution in [-0.2, 0) is 4.79 Å². The van der Waals surface area contributed by atoms with E-state index in [9.17, 15) is 9.90 Å².